The molecule has 2 aromatic carbocycles. The Morgan fingerprint density at radius 2 is 1.84 bits per heavy atom. The van der Waals surface area contributed by atoms with E-state index in [0.717, 1.165) is 43.3 Å². The van der Waals surface area contributed by atoms with Gasteiger partial charge in [-0.05, 0) is 78.6 Å². The minimum Gasteiger partial charge on any atom is -0.493 e. The van der Waals surface area contributed by atoms with E-state index in [9.17, 15) is 0 Å². The topological polar surface area (TPSA) is 86.1 Å². The Morgan fingerprint density at radius 3 is 2.58 bits per heavy atom. The fourth-order valence-corrected chi connectivity index (χ4v) is 3.48. The maximum absolute atomic E-state index is 5.96. The number of methoxy groups -OCH3 is 1. The van der Waals surface area contributed by atoms with Crippen LogP contribution < -0.4 is 20.1 Å². The normalized spacial score (nSPS) is 13.7. The number of hydrogen-bond acceptors (Lipinski definition) is 7. The van der Waals surface area contributed by atoms with Crippen LogP contribution in [-0.2, 0) is 6.54 Å². The Labute approximate surface area is 194 Å². The number of benzene rings is 2. The molecule has 2 heterocycles. The molecule has 1 aliphatic heterocycles. The van der Waals surface area contributed by atoms with E-state index in [1.54, 1.807) is 11.8 Å². The predicted octanol–water partition coefficient (Wildman–Crippen LogP) is 3.40. The maximum Gasteiger partial charge on any atom is 0.346 e. The van der Waals surface area contributed by atoms with Gasteiger partial charge < -0.3 is 20.1 Å². The molecule has 1 aliphatic rings. The summed E-state index contributed by atoms with van der Waals surface area (Å²) in [5.41, 5.74) is 1.97. The van der Waals surface area contributed by atoms with Crippen LogP contribution in [0.25, 0.3) is 5.69 Å². The molecule has 0 radical (unpaired) electrons. The van der Waals surface area contributed by atoms with Gasteiger partial charge in [0.25, 0.3) is 0 Å². The lowest BCUT2D eigenvalue weighted by Crippen LogP contribution is -2.33. The highest BCUT2D eigenvalue weighted by molar-refractivity contribution is 5.85. The van der Waals surface area contributed by atoms with Crippen molar-refractivity contribution in [1.29, 1.82) is 0 Å². The summed E-state index contributed by atoms with van der Waals surface area (Å²) in [6.07, 6.45) is 2.47. The predicted molar refractivity (Wildman–Crippen MR) is 124 cm³/mol. The molecule has 168 valence electrons. The Bertz CT molecular complexity index is 919. The molecule has 0 aliphatic carbocycles. The smallest absolute Gasteiger partial charge is 0.346 e. The lowest BCUT2D eigenvalue weighted by molar-refractivity contribution is 0.354. The molecule has 0 unspecified atom stereocenters. The third-order valence-electron chi connectivity index (χ3n) is 5.09. The standard InChI is InChI=1S/C21H26N6O2.2ClH/c1-28-20-13-17(15-23-14-16-9-11-22-12-10-16)7-8-19(20)29-21-24-25-26-27(21)18-5-3-2-4-6-18;;/h2-8,13,16,22-23H,9-12,14-15H2,1H3;2*1H. The van der Waals surface area contributed by atoms with Crippen molar-refractivity contribution in [3.63, 3.8) is 0 Å². The maximum atomic E-state index is 5.96. The highest BCUT2D eigenvalue weighted by atomic mass is 35.5. The van der Waals surface area contributed by atoms with Crippen LogP contribution >= 0.6 is 24.8 Å². The number of tetrazole rings is 1. The molecule has 8 nitrogen and oxygen atoms in total. The molecule has 1 saturated heterocycles. The molecule has 4 rings (SSSR count). The molecular weight excluding hydrogens is 439 g/mol. The monoisotopic (exact) mass is 466 g/mol. The number of hydrogen-bond donors (Lipinski definition) is 2. The van der Waals surface area contributed by atoms with Gasteiger partial charge in [0.2, 0.25) is 0 Å². The second-order valence-electron chi connectivity index (χ2n) is 7.12. The summed E-state index contributed by atoms with van der Waals surface area (Å²) in [6.45, 7) is 4.07. The van der Waals surface area contributed by atoms with Gasteiger partial charge in [-0.15, -0.1) is 24.8 Å². The molecule has 31 heavy (non-hydrogen) atoms. The average molecular weight is 467 g/mol. The Balaban J connectivity index is 0.00000171. The molecular formula is C21H28Cl2N6O2. The number of para-hydroxylation sites is 1. The second-order valence-corrected chi connectivity index (χ2v) is 7.12. The third-order valence-corrected chi connectivity index (χ3v) is 5.09. The molecule has 0 spiro atoms. The lowest BCUT2D eigenvalue weighted by Gasteiger charge is -2.22. The van der Waals surface area contributed by atoms with Crippen LogP contribution in [-0.4, -0.2) is 47.0 Å². The van der Waals surface area contributed by atoms with Crippen molar-refractivity contribution in [3.8, 4) is 23.2 Å². The summed E-state index contributed by atoms with van der Waals surface area (Å²) in [5.74, 6) is 1.97. The quantitative estimate of drug-likeness (QED) is 0.525. The summed E-state index contributed by atoms with van der Waals surface area (Å²) < 4.78 is 13.0. The molecule has 0 bridgehead atoms. The van der Waals surface area contributed by atoms with Gasteiger partial charge in [0.05, 0.1) is 12.8 Å². The highest BCUT2D eigenvalue weighted by Crippen LogP contribution is 2.32. The largest absolute Gasteiger partial charge is 0.493 e. The van der Waals surface area contributed by atoms with Crippen LogP contribution in [0.2, 0.25) is 0 Å². The van der Waals surface area contributed by atoms with E-state index in [4.69, 9.17) is 9.47 Å². The minimum absolute atomic E-state index is 0. The summed E-state index contributed by atoms with van der Waals surface area (Å²) in [7, 11) is 1.63. The van der Waals surface area contributed by atoms with Gasteiger partial charge in [0.1, 0.15) is 0 Å². The lowest BCUT2D eigenvalue weighted by atomic mass is 9.98. The van der Waals surface area contributed by atoms with Crippen LogP contribution in [0.5, 0.6) is 17.5 Å². The van der Waals surface area contributed by atoms with E-state index < -0.39 is 0 Å². The van der Waals surface area contributed by atoms with Crippen molar-refractivity contribution in [3.05, 3.63) is 54.1 Å². The van der Waals surface area contributed by atoms with Crippen molar-refractivity contribution < 1.29 is 9.47 Å². The molecule has 1 aromatic heterocycles. The van der Waals surface area contributed by atoms with Crippen LogP contribution in [0, 0.1) is 5.92 Å². The molecule has 3 aromatic rings. The summed E-state index contributed by atoms with van der Waals surface area (Å²) in [6, 6.07) is 15.8. The van der Waals surface area contributed by atoms with E-state index in [1.165, 1.54) is 12.8 Å². The first kappa shape index (κ1) is 24.9. The van der Waals surface area contributed by atoms with Crippen molar-refractivity contribution in [2.75, 3.05) is 26.7 Å². The Morgan fingerprint density at radius 1 is 1.06 bits per heavy atom. The van der Waals surface area contributed by atoms with Crippen molar-refractivity contribution in [2.24, 2.45) is 5.92 Å². The average Bonchev–Trinajstić information content (AvgIpc) is 3.24. The van der Waals surface area contributed by atoms with E-state index in [-0.39, 0.29) is 30.8 Å². The van der Waals surface area contributed by atoms with Gasteiger partial charge in [-0.1, -0.05) is 29.4 Å². The number of ether oxygens (including phenoxy) is 2. The number of piperidine rings is 1. The number of nitrogens with zero attached hydrogens (tertiary/aromatic N) is 4. The zero-order valence-corrected chi connectivity index (χ0v) is 19.0. The van der Waals surface area contributed by atoms with Crippen molar-refractivity contribution in [1.82, 2.24) is 30.8 Å². The van der Waals surface area contributed by atoms with Gasteiger partial charge in [0, 0.05) is 6.54 Å². The van der Waals surface area contributed by atoms with Gasteiger partial charge in [0.15, 0.2) is 11.5 Å². The molecule has 2 N–H and O–H groups in total. The minimum atomic E-state index is 0. The van der Waals surface area contributed by atoms with Crippen LogP contribution in [0.3, 0.4) is 0 Å². The van der Waals surface area contributed by atoms with Gasteiger partial charge >= 0.3 is 6.01 Å². The Kier molecular flexibility index (Phi) is 10.00. The second kappa shape index (κ2) is 12.5. The van der Waals surface area contributed by atoms with E-state index in [2.05, 4.69) is 26.2 Å². The Hall–Kier alpha value is -2.39. The van der Waals surface area contributed by atoms with Crippen molar-refractivity contribution in [2.45, 2.75) is 19.4 Å². The summed E-state index contributed by atoms with van der Waals surface area (Å²) in [4.78, 5) is 0. The fourth-order valence-electron chi connectivity index (χ4n) is 3.48. The number of rotatable bonds is 8. The molecule has 0 atom stereocenters. The van der Waals surface area contributed by atoms with E-state index in [1.807, 2.05) is 48.5 Å². The SMILES string of the molecule is COc1cc(CNCC2CCNCC2)ccc1Oc1nnnn1-c1ccccc1.Cl.Cl. The molecule has 0 saturated carbocycles. The highest BCUT2D eigenvalue weighted by Gasteiger charge is 2.15. The first-order chi connectivity index (χ1) is 14.3. The summed E-state index contributed by atoms with van der Waals surface area (Å²) >= 11 is 0. The van der Waals surface area contributed by atoms with Crippen LogP contribution in [0.4, 0.5) is 0 Å². The van der Waals surface area contributed by atoms with E-state index >= 15 is 0 Å². The van der Waals surface area contributed by atoms with Crippen molar-refractivity contribution >= 4 is 24.8 Å². The van der Waals surface area contributed by atoms with Gasteiger partial charge in [-0.2, -0.15) is 4.68 Å². The molecule has 10 heteroatoms. The molecule has 1 fully saturated rings. The van der Waals surface area contributed by atoms with Crippen LogP contribution in [0.15, 0.2) is 48.5 Å². The van der Waals surface area contributed by atoms with Crippen LogP contribution in [0.1, 0.15) is 18.4 Å². The number of nitrogens with one attached hydrogen (secondary N) is 2. The third kappa shape index (κ3) is 6.54. The van der Waals surface area contributed by atoms with E-state index in [0.29, 0.717) is 11.5 Å². The number of halogens is 2. The van der Waals surface area contributed by atoms with Gasteiger partial charge in [-0.25, -0.2) is 0 Å². The molecule has 0 amide bonds. The first-order valence-electron chi connectivity index (χ1n) is 9.93. The first-order valence-corrected chi connectivity index (χ1v) is 9.93. The number of aromatic nitrogens is 4. The zero-order chi connectivity index (χ0) is 19.9. The van der Waals surface area contributed by atoms with Gasteiger partial charge in [-0.3, -0.25) is 0 Å². The fraction of sp³-hybridized carbons (Fsp3) is 0.381. The zero-order valence-electron chi connectivity index (χ0n) is 17.4. The summed E-state index contributed by atoms with van der Waals surface area (Å²) in [5, 5.41) is 18.7.